The van der Waals surface area contributed by atoms with Gasteiger partial charge in [0.05, 0.1) is 17.8 Å². The van der Waals surface area contributed by atoms with Crippen molar-refractivity contribution < 1.29 is 14.0 Å². The predicted octanol–water partition coefficient (Wildman–Crippen LogP) is 4.94. The zero-order valence-electron chi connectivity index (χ0n) is 16.2. The van der Waals surface area contributed by atoms with Crippen molar-refractivity contribution >= 4 is 37.4 Å². The van der Waals surface area contributed by atoms with Crippen LogP contribution in [0.5, 0.6) is 11.6 Å². The van der Waals surface area contributed by atoms with Crippen LogP contribution in [0.2, 0.25) is 28.4 Å². The SMILES string of the molecule is COc1nc(Cl)nc(-c2cc(O[Si](C)(C)C(C)(C)C)ccc2Cl)c1C(N)=O. The van der Waals surface area contributed by atoms with Gasteiger partial charge in [-0.15, -0.1) is 0 Å². The van der Waals surface area contributed by atoms with E-state index < -0.39 is 14.2 Å². The monoisotopic (exact) mass is 427 g/mol. The molecule has 146 valence electrons. The quantitative estimate of drug-likeness (QED) is 0.538. The van der Waals surface area contributed by atoms with E-state index in [0.29, 0.717) is 16.3 Å². The first-order chi connectivity index (χ1) is 12.4. The molecule has 1 aromatic heterocycles. The molecule has 0 saturated carbocycles. The summed E-state index contributed by atoms with van der Waals surface area (Å²) in [6, 6.07) is 5.20. The fourth-order valence-corrected chi connectivity index (χ4v) is 3.57. The van der Waals surface area contributed by atoms with Gasteiger partial charge >= 0.3 is 0 Å². The molecule has 0 unspecified atom stereocenters. The molecule has 0 aliphatic heterocycles. The lowest BCUT2D eigenvalue weighted by Crippen LogP contribution is -2.43. The fraction of sp³-hybridized carbons (Fsp3) is 0.389. The topological polar surface area (TPSA) is 87.3 Å². The molecule has 0 saturated heterocycles. The minimum Gasteiger partial charge on any atom is -0.543 e. The van der Waals surface area contributed by atoms with Gasteiger partial charge in [-0.2, -0.15) is 4.98 Å². The molecule has 0 aliphatic rings. The van der Waals surface area contributed by atoms with E-state index in [9.17, 15) is 4.79 Å². The molecule has 6 nitrogen and oxygen atoms in total. The molecular weight excluding hydrogens is 405 g/mol. The van der Waals surface area contributed by atoms with Gasteiger partial charge in [0.1, 0.15) is 11.3 Å². The summed E-state index contributed by atoms with van der Waals surface area (Å²) < 4.78 is 11.5. The summed E-state index contributed by atoms with van der Waals surface area (Å²) in [6.07, 6.45) is 0. The van der Waals surface area contributed by atoms with Crippen molar-refractivity contribution in [2.24, 2.45) is 5.73 Å². The first kappa shape index (κ1) is 21.5. The lowest BCUT2D eigenvalue weighted by Gasteiger charge is -2.36. The number of nitrogens with two attached hydrogens (primary N) is 1. The van der Waals surface area contributed by atoms with Gasteiger partial charge in [-0.25, -0.2) is 4.98 Å². The van der Waals surface area contributed by atoms with Gasteiger partial charge in [-0.1, -0.05) is 32.4 Å². The van der Waals surface area contributed by atoms with Gasteiger partial charge in [0.25, 0.3) is 5.91 Å². The summed E-state index contributed by atoms with van der Waals surface area (Å²) in [4.78, 5) is 20.1. The summed E-state index contributed by atoms with van der Waals surface area (Å²) in [5.74, 6) is -0.125. The Hall–Kier alpha value is -1.83. The number of carbonyl (C=O) groups excluding carboxylic acids is 1. The number of amides is 1. The molecule has 2 aromatic rings. The third kappa shape index (κ3) is 4.54. The van der Waals surface area contributed by atoms with E-state index in [1.807, 2.05) is 0 Å². The number of nitrogens with zero attached hydrogens (tertiary/aromatic N) is 2. The average molecular weight is 428 g/mol. The van der Waals surface area contributed by atoms with Crippen molar-refractivity contribution in [3.8, 4) is 22.9 Å². The van der Waals surface area contributed by atoms with E-state index in [2.05, 4.69) is 43.8 Å². The maximum absolute atomic E-state index is 12.0. The highest BCUT2D eigenvalue weighted by atomic mass is 35.5. The zero-order valence-corrected chi connectivity index (χ0v) is 18.7. The number of ether oxygens (including phenoxy) is 1. The van der Waals surface area contributed by atoms with Crippen LogP contribution in [0, 0.1) is 0 Å². The number of primary amides is 1. The Labute approximate surface area is 170 Å². The number of benzene rings is 1. The van der Waals surface area contributed by atoms with E-state index in [-0.39, 0.29) is 27.5 Å². The zero-order chi connectivity index (χ0) is 20.6. The van der Waals surface area contributed by atoms with Crippen LogP contribution in [0.25, 0.3) is 11.3 Å². The van der Waals surface area contributed by atoms with Crippen LogP contribution in [-0.2, 0) is 0 Å². The third-order valence-corrected chi connectivity index (χ3v) is 9.52. The number of rotatable bonds is 5. The molecule has 1 aromatic carbocycles. The molecule has 0 fully saturated rings. The number of hydrogen-bond acceptors (Lipinski definition) is 5. The van der Waals surface area contributed by atoms with Crippen LogP contribution >= 0.6 is 23.2 Å². The van der Waals surface area contributed by atoms with Crippen molar-refractivity contribution in [3.05, 3.63) is 34.1 Å². The molecule has 0 radical (unpaired) electrons. The smallest absolute Gasteiger partial charge is 0.256 e. The molecule has 0 bridgehead atoms. The number of halogens is 2. The second-order valence-corrected chi connectivity index (χ2v) is 13.1. The molecule has 0 aliphatic carbocycles. The Morgan fingerprint density at radius 1 is 1.19 bits per heavy atom. The highest BCUT2D eigenvalue weighted by molar-refractivity contribution is 6.74. The van der Waals surface area contributed by atoms with Crippen molar-refractivity contribution in [2.75, 3.05) is 7.11 Å². The Morgan fingerprint density at radius 3 is 2.33 bits per heavy atom. The second kappa shape index (κ2) is 7.65. The normalized spacial score (nSPS) is 12.0. The highest BCUT2D eigenvalue weighted by Gasteiger charge is 2.39. The number of methoxy groups -OCH3 is 1. The Bertz CT molecular complexity index is 883. The molecule has 0 spiro atoms. The number of carbonyl (C=O) groups is 1. The molecule has 1 amide bonds. The second-order valence-electron chi connectivity index (χ2n) is 7.59. The minimum absolute atomic E-state index is 0.00766. The maximum atomic E-state index is 12.0. The third-order valence-electron chi connectivity index (χ3n) is 4.66. The lowest BCUT2D eigenvalue weighted by molar-refractivity contribution is 0.0997. The summed E-state index contributed by atoms with van der Waals surface area (Å²) in [5.41, 5.74) is 6.18. The van der Waals surface area contributed by atoms with Gasteiger partial charge in [0, 0.05) is 5.56 Å². The first-order valence-corrected chi connectivity index (χ1v) is 11.9. The molecule has 0 atom stereocenters. The summed E-state index contributed by atoms with van der Waals surface area (Å²) in [6.45, 7) is 10.7. The molecule has 2 N–H and O–H groups in total. The highest BCUT2D eigenvalue weighted by Crippen LogP contribution is 2.40. The van der Waals surface area contributed by atoms with Crippen molar-refractivity contribution in [1.82, 2.24) is 9.97 Å². The summed E-state index contributed by atoms with van der Waals surface area (Å²) in [5, 5.41) is 0.308. The lowest BCUT2D eigenvalue weighted by atomic mass is 10.1. The van der Waals surface area contributed by atoms with Gasteiger partial charge in [0.15, 0.2) is 0 Å². The van der Waals surface area contributed by atoms with Crippen LogP contribution in [0.4, 0.5) is 0 Å². The van der Waals surface area contributed by atoms with Crippen molar-refractivity contribution in [1.29, 1.82) is 0 Å². The van der Waals surface area contributed by atoms with E-state index in [0.717, 1.165) is 0 Å². The van der Waals surface area contributed by atoms with Gasteiger partial charge in [-0.05, 0) is 47.9 Å². The molecule has 27 heavy (non-hydrogen) atoms. The first-order valence-electron chi connectivity index (χ1n) is 8.27. The Kier molecular flexibility index (Phi) is 6.09. The average Bonchev–Trinajstić information content (AvgIpc) is 2.54. The van der Waals surface area contributed by atoms with Crippen molar-refractivity contribution in [2.45, 2.75) is 38.9 Å². The van der Waals surface area contributed by atoms with Crippen LogP contribution in [0.1, 0.15) is 31.1 Å². The largest absolute Gasteiger partial charge is 0.543 e. The van der Waals surface area contributed by atoms with Crippen LogP contribution in [-0.4, -0.2) is 31.3 Å². The van der Waals surface area contributed by atoms with E-state index in [1.165, 1.54) is 7.11 Å². The molecular formula is C18H23Cl2N3O3Si. The van der Waals surface area contributed by atoms with Crippen molar-refractivity contribution in [3.63, 3.8) is 0 Å². The van der Waals surface area contributed by atoms with Crippen LogP contribution < -0.4 is 14.9 Å². The van der Waals surface area contributed by atoms with Gasteiger partial charge < -0.3 is 14.9 Å². The summed E-state index contributed by atoms with van der Waals surface area (Å²) in [7, 11) is -0.701. The fourth-order valence-electron chi connectivity index (χ4n) is 2.18. The molecule has 1 heterocycles. The van der Waals surface area contributed by atoms with Crippen LogP contribution in [0.15, 0.2) is 18.2 Å². The summed E-state index contributed by atoms with van der Waals surface area (Å²) >= 11 is 12.4. The molecule has 2 rings (SSSR count). The Balaban J connectivity index is 2.64. The van der Waals surface area contributed by atoms with E-state index in [1.54, 1.807) is 18.2 Å². The van der Waals surface area contributed by atoms with E-state index in [4.69, 9.17) is 38.1 Å². The van der Waals surface area contributed by atoms with Crippen LogP contribution in [0.3, 0.4) is 0 Å². The standard InChI is InChI=1S/C18H23Cl2N3O3Si/c1-18(2,3)27(5,6)26-10-7-8-12(19)11(9-10)14-13(15(21)24)16(25-4)23-17(20)22-14/h7-9H,1-6H3,(H2,21,24). The minimum atomic E-state index is -2.07. The van der Waals surface area contributed by atoms with Gasteiger partial charge in [0.2, 0.25) is 19.5 Å². The molecule has 9 heteroatoms. The van der Waals surface area contributed by atoms with E-state index >= 15 is 0 Å². The van der Waals surface area contributed by atoms with Gasteiger partial charge in [-0.3, -0.25) is 4.79 Å². The Morgan fingerprint density at radius 2 is 1.81 bits per heavy atom. The maximum Gasteiger partial charge on any atom is 0.256 e. The number of aromatic nitrogens is 2. The predicted molar refractivity (Wildman–Crippen MR) is 110 cm³/mol. The number of hydrogen-bond donors (Lipinski definition) is 1.